The van der Waals surface area contributed by atoms with Crippen LogP contribution in [0.15, 0.2) is 9.59 Å². The zero-order valence-electron chi connectivity index (χ0n) is 9.10. The highest BCUT2D eigenvalue weighted by Crippen LogP contribution is 2.15. The number of H-pyrrole nitrogens is 1. The van der Waals surface area contributed by atoms with E-state index in [1.807, 2.05) is 4.98 Å². The predicted molar refractivity (Wildman–Crippen MR) is 54.5 cm³/mol. The number of ether oxygens (including phenoxy) is 1. The van der Waals surface area contributed by atoms with Crippen LogP contribution >= 0.6 is 0 Å². The fourth-order valence-electron chi connectivity index (χ4n) is 1.26. The van der Waals surface area contributed by atoms with Crippen molar-refractivity contribution < 1.29 is 14.6 Å². The maximum Gasteiger partial charge on any atom is 0.331 e. The number of aromatic amines is 1. The Hall–Kier alpha value is -2.05. The Balaban J connectivity index is 3.46. The van der Waals surface area contributed by atoms with Gasteiger partial charge in [0.25, 0.3) is 5.56 Å². The maximum atomic E-state index is 11.4. The zero-order chi connectivity index (χ0) is 12.5. The summed E-state index contributed by atoms with van der Waals surface area (Å²) in [7, 11) is 1.17. The van der Waals surface area contributed by atoms with Crippen LogP contribution in [0, 0.1) is 6.92 Å². The molecule has 7 heteroatoms. The molecule has 2 N–H and O–H groups in total. The zero-order valence-corrected chi connectivity index (χ0v) is 9.10. The number of carbonyl (C=O) groups excluding carboxylic acids is 1. The number of carbonyl (C=O) groups is 1. The first-order valence-corrected chi connectivity index (χ1v) is 4.52. The summed E-state index contributed by atoms with van der Waals surface area (Å²) in [4.78, 5) is 35.8. The number of nitrogens with one attached hydrogen (secondary N) is 1. The van der Waals surface area contributed by atoms with Crippen molar-refractivity contribution in [3.8, 4) is 5.88 Å². The van der Waals surface area contributed by atoms with Gasteiger partial charge in [0.2, 0.25) is 5.88 Å². The van der Waals surface area contributed by atoms with E-state index in [0.29, 0.717) is 0 Å². The lowest BCUT2D eigenvalue weighted by atomic mass is 10.3. The Morgan fingerprint density at radius 2 is 2.06 bits per heavy atom. The van der Waals surface area contributed by atoms with Gasteiger partial charge in [0.1, 0.15) is 6.04 Å². The molecule has 7 nitrogen and oxygen atoms in total. The summed E-state index contributed by atoms with van der Waals surface area (Å²) in [5, 5.41) is 9.61. The van der Waals surface area contributed by atoms with E-state index in [2.05, 4.69) is 4.74 Å². The molecular formula is C9H12N2O5. The van der Waals surface area contributed by atoms with E-state index >= 15 is 0 Å². The molecule has 0 saturated carbocycles. The largest absolute Gasteiger partial charge is 0.494 e. The highest BCUT2D eigenvalue weighted by molar-refractivity contribution is 5.73. The number of esters is 1. The number of methoxy groups -OCH3 is 1. The van der Waals surface area contributed by atoms with Gasteiger partial charge in [-0.2, -0.15) is 0 Å². The van der Waals surface area contributed by atoms with E-state index in [-0.39, 0.29) is 5.56 Å². The molecule has 0 bridgehead atoms. The van der Waals surface area contributed by atoms with Crippen LogP contribution in [0.2, 0.25) is 0 Å². The lowest BCUT2D eigenvalue weighted by molar-refractivity contribution is -0.144. The van der Waals surface area contributed by atoms with Crippen LogP contribution < -0.4 is 11.2 Å². The normalized spacial score (nSPS) is 12.2. The van der Waals surface area contributed by atoms with E-state index in [1.54, 1.807) is 0 Å². The highest BCUT2D eigenvalue weighted by Gasteiger charge is 2.21. The van der Waals surface area contributed by atoms with Crippen LogP contribution in [-0.2, 0) is 9.53 Å². The molecule has 0 fully saturated rings. The first kappa shape index (κ1) is 12.0. The molecule has 0 aliphatic heterocycles. The van der Waals surface area contributed by atoms with Gasteiger partial charge in [-0.25, -0.2) is 14.2 Å². The Labute approximate surface area is 90.3 Å². The fraction of sp³-hybridized carbons (Fsp3) is 0.444. The summed E-state index contributed by atoms with van der Waals surface area (Å²) < 4.78 is 5.21. The third-order valence-electron chi connectivity index (χ3n) is 2.27. The van der Waals surface area contributed by atoms with Gasteiger partial charge in [0.05, 0.1) is 12.7 Å². The maximum absolute atomic E-state index is 11.4. The number of hydrogen-bond donors (Lipinski definition) is 2. The van der Waals surface area contributed by atoms with Crippen LogP contribution in [0.25, 0.3) is 0 Å². The lowest BCUT2D eigenvalue weighted by Crippen LogP contribution is -2.35. The van der Waals surface area contributed by atoms with Crippen molar-refractivity contribution >= 4 is 5.97 Å². The molecule has 0 aromatic carbocycles. The van der Waals surface area contributed by atoms with Crippen molar-refractivity contribution in [1.82, 2.24) is 9.55 Å². The average molecular weight is 228 g/mol. The van der Waals surface area contributed by atoms with E-state index in [0.717, 1.165) is 4.57 Å². The fourth-order valence-corrected chi connectivity index (χ4v) is 1.26. The summed E-state index contributed by atoms with van der Waals surface area (Å²) in [6.07, 6.45) is 0. The van der Waals surface area contributed by atoms with Crippen molar-refractivity contribution in [1.29, 1.82) is 0 Å². The molecule has 1 aromatic rings. The molecule has 1 unspecified atom stereocenters. The van der Waals surface area contributed by atoms with Crippen LogP contribution in [0.5, 0.6) is 5.88 Å². The lowest BCUT2D eigenvalue weighted by Gasteiger charge is -2.14. The van der Waals surface area contributed by atoms with E-state index in [9.17, 15) is 19.5 Å². The minimum absolute atomic E-state index is 0.0321. The van der Waals surface area contributed by atoms with Crippen molar-refractivity contribution in [2.75, 3.05) is 7.11 Å². The minimum atomic E-state index is -1.01. The van der Waals surface area contributed by atoms with Crippen LogP contribution in [-0.4, -0.2) is 27.7 Å². The predicted octanol–water partition coefficient (Wildman–Crippen LogP) is -0.715. The van der Waals surface area contributed by atoms with Crippen LogP contribution in [0.3, 0.4) is 0 Å². The topological polar surface area (TPSA) is 101 Å². The second-order valence-corrected chi connectivity index (χ2v) is 3.28. The van der Waals surface area contributed by atoms with E-state index in [1.165, 1.54) is 21.0 Å². The van der Waals surface area contributed by atoms with E-state index < -0.39 is 29.1 Å². The molecule has 1 heterocycles. The SMILES string of the molecule is COC(=O)C(C)n1c(O)c(C)c(=O)[nH]c1=O. The van der Waals surface area contributed by atoms with Crippen molar-refractivity contribution in [3.63, 3.8) is 0 Å². The van der Waals surface area contributed by atoms with E-state index in [4.69, 9.17) is 0 Å². The molecule has 0 aliphatic rings. The van der Waals surface area contributed by atoms with Gasteiger partial charge in [-0.1, -0.05) is 0 Å². The molecule has 0 saturated heterocycles. The summed E-state index contributed by atoms with van der Waals surface area (Å²) in [5.41, 5.74) is -1.57. The molecule has 88 valence electrons. The molecule has 1 rings (SSSR count). The summed E-state index contributed by atoms with van der Waals surface area (Å²) in [6.45, 7) is 2.72. The minimum Gasteiger partial charge on any atom is -0.494 e. The van der Waals surface area contributed by atoms with Crippen molar-refractivity contribution in [2.45, 2.75) is 19.9 Å². The van der Waals surface area contributed by atoms with Gasteiger partial charge in [0.15, 0.2) is 0 Å². The quantitative estimate of drug-likeness (QED) is 0.651. The summed E-state index contributed by atoms with van der Waals surface area (Å²) >= 11 is 0. The highest BCUT2D eigenvalue weighted by atomic mass is 16.5. The first-order valence-electron chi connectivity index (χ1n) is 4.52. The third-order valence-corrected chi connectivity index (χ3v) is 2.27. The second kappa shape index (κ2) is 4.21. The molecule has 0 aliphatic carbocycles. The van der Waals surface area contributed by atoms with Crippen molar-refractivity contribution in [2.24, 2.45) is 0 Å². The molecular weight excluding hydrogens is 216 g/mol. The molecule has 0 spiro atoms. The number of aromatic hydroxyl groups is 1. The second-order valence-electron chi connectivity index (χ2n) is 3.28. The average Bonchev–Trinajstić information content (AvgIpc) is 2.24. The molecule has 1 aromatic heterocycles. The van der Waals surface area contributed by atoms with Gasteiger partial charge in [-0.05, 0) is 13.8 Å². The van der Waals surface area contributed by atoms with Crippen LogP contribution in [0.1, 0.15) is 18.5 Å². The molecule has 1 atom stereocenters. The monoisotopic (exact) mass is 228 g/mol. The van der Waals surface area contributed by atoms with Gasteiger partial charge >= 0.3 is 11.7 Å². The Morgan fingerprint density at radius 1 is 1.50 bits per heavy atom. The van der Waals surface area contributed by atoms with Gasteiger partial charge in [0, 0.05) is 0 Å². The first-order chi connectivity index (χ1) is 7.40. The third kappa shape index (κ3) is 1.83. The molecule has 0 radical (unpaired) electrons. The van der Waals surface area contributed by atoms with Crippen LogP contribution in [0.4, 0.5) is 0 Å². The smallest absolute Gasteiger partial charge is 0.331 e. The standard InChI is InChI=1S/C9H12N2O5/c1-4-6(12)10-9(15)11(7(4)13)5(2)8(14)16-3/h5,13H,1-3H3,(H,10,12,15). The number of aromatic nitrogens is 2. The molecule has 16 heavy (non-hydrogen) atoms. The van der Waals surface area contributed by atoms with Gasteiger partial charge in [-0.3, -0.25) is 9.78 Å². The van der Waals surface area contributed by atoms with Gasteiger partial charge in [-0.15, -0.1) is 0 Å². The Bertz CT molecular complexity index is 528. The summed E-state index contributed by atoms with van der Waals surface area (Å²) in [5.74, 6) is -1.23. The van der Waals surface area contributed by atoms with Gasteiger partial charge < -0.3 is 9.84 Å². The van der Waals surface area contributed by atoms with Crippen molar-refractivity contribution in [3.05, 3.63) is 26.4 Å². The number of hydrogen-bond acceptors (Lipinski definition) is 5. The number of rotatable bonds is 2. The molecule has 0 amide bonds. The Kier molecular flexibility index (Phi) is 3.17. The summed E-state index contributed by atoms with van der Waals surface area (Å²) in [6, 6.07) is -1.01. The number of nitrogens with zero attached hydrogens (tertiary/aromatic N) is 1. The Morgan fingerprint density at radius 3 is 2.56 bits per heavy atom.